The molecular formula is C13H19N2O2S-. The van der Waals surface area contributed by atoms with Crippen molar-refractivity contribution in [2.75, 3.05) is 27.2 Å². The van der Waals surface area contributed by atoms with Gasteiger partial charge in [0.05, 0.1) is 0 Å². The van der Waals surface area contributed by atoms with Crippen LogP contribution in [0.4, 0.5) is 0 Å². The van der Waals surface area contributed by atoms with E-state index < -0.39 is 11.1 Å². The molecule has 1 atom stereocenters. The molecule has 1 aromatic rings. The van der Waals surface area contributed by atoms with E-state index in [-0.39, 0.29) is 5.54 Å². The normalized spacial score (nSPS) is 21.7. The summed E-state index contributed by atoms with van der Waals surface area (Å²) in [5.74, 6) is 0. The fourth-order valence-corrected chi connectivity index (χ4v) is 3.29. The lowest BCUT2D eigenvalue weighted by Crippen LogP contribution is -2.49. The molecule has 18 heavy (non-hydrogen) atoms. The minimum absolute atomic E-state index is 0.219. The van der Waals surface area contributed by atoms with Crippen LogP contribution in [0.25, 0.3) is 0 Å². The minimum atomic E-state index is -2.18. The van der Waals surface area contributed by atoms with Crippen LogP contribution in [-0.4, -0.2) is 40.8 Å². The van der Waals surface area contributed by atoms with E-state index in [1.165, 1.54) is 0 Å². The highest BCUT2D eigenvalue weighted by atomic mass is 32.2. The summed E-state index contributed by atoms with van der Waals surface area (Å²) in [6.45, 7) is 1.95. The van der Waals surface area contributed by atoms with Crippen molar-refractivity contribution in [2.45, 2.75) is 23.3 Å². The zero-order chi connectivity index (χ0) is 13.2. The fourth-order valence-electron chi connectivity index (χ4n) is 2.66. The largest absolute Gasteiger partial charge is 0.768 e. The topological polar surface area (TPSA) is 55.4 Å². The molecule has 100 valence electrons. The minimum Gasteiger partial charge on any atom is -0.768 e. The second kappa shape index (κ2) is 5.48. The summed E-state index contributed by atoms with van der Waals surface area (Å²) in [4.78, 5) is 2.68. The summed E-state index contributed by atoms with van der Waals surface area (Å²) in [6, 6.07) is 7.28. The Morgan fingerprint density at radius 1 is 1.33 bits per heavy atom. The van der Waals surface area contributed by atoms with Gasteiger partial charge >= 0.3 is 0 Å². The number of nitrogens with one attached hydrogen (secondary N) is 1. The first-order valence-electron chi connectivity index (χ1n) is 6.15. The number of rotatable bonds is 3. The van der Waals surface area contributed by atoms with E-state index in [2.05, 4.69) is 17.3 Å². The fraction of sp³-hybridized carbons (Fsp3) is 0.538. The Hall–Kier alpha value is -0.750. The van der Waals surface area contributed by atoms with Gasteiger partial charge in [0.25, 0.3) is 0 Å². The summed E-state index contributed by atoms with van der Waals surface area (Å²) in [5.41, 5.74) is 0.678. The Labute approximate surface area is 111 Å². The Morgan fingerprint density at radius 3 is 2.50 bits per heavy atom. The summed E-state index contributed by atoms with van der Waals surface area (Å²) < 4.78 is 22.7. The molecule has 4 nitrogen and oxygen atoms in total. The maximum absolute atomic E-state index is 11.3. The van der Waals surface area contributed by atoms with Gasteiger partial charge in [0.2, 0.25) is 0 Å². The molecule has 1 aromatic carbocycles. The molecule has 1 aliphatic heterocycles. The van der Waals surface area contributed by atoms with Crippen molar-refractivity contribution >= 4 is 11.1 Å². The number of hydrogen-bond donors (Lipinski definition) is 1. The van der Waals surface area contributed by atoms with E-state index in [0.29, 0.717) is 4.90 Å². The van der Waals surface area contributed by atoms with Crippen LogP contribution in [0.1, 0.15) is 18.4 Å². The third-order valence-electron chi connectivity index (χ3n) is 3.90. The lowest BCUT2D eigenvalue weighted by Gasteiger charge is -2.42. The average Bonchev–Trinajstić information content (AvgIpc) is 2.40. The highest BCUT2D eigenvalue weighted by Crippen LogP contribution is 2.35. The van der Waals surface area contributed by atoms with E-state index in [1.54, 1.807) is 12.1 Å². The van der Waals surface area contributed by atoms with Crippen LogP contribution in [-0.2, 0) is 16.6 Å². The second-order valence-electron chi connectivity index (χ2n) is 4.87. The highest BCUT2D eigenvalue weighted by Gasteiger charge is 2.35. The van der Waals surface area contributed by atoms with E-state index in [1.807, 2.05) is 19.2 Å². The molecule has 1 N–H and O–H groups in total. The van der Waals surface area contributed by atoms with Gasteiger partial charge in [-0.05, 0) is 62.7 Å². The van der Waals surface area contributed by atoms with E-state index in [9.17, 15) is 8.76 Å². The molecule has 1 saturated heterocycles. The zero-order valence-electron chi connectivity index (χ0n) is 10.8. The van der Waals surface area contributed by atoms with Crippen molar-refractivity contribution in [3.8, 4) is 0 Å². The monoisotopic (exact) mass is 267 g/mol. The van der Waals surface area contributed by atoms with E-state index in [4.69, 9.17) is 0 Å². The molecule has 1 unspecified atom stereocenters. The SMILES string of the molecule is CNC1(c2ccccc2S(=O)[O-])CCN(C)CC1. The van der Waals surface area contributed by atoms with Crippen LogP contribution >= 0.6 is 0 Å². The van der Waals surface area contributed by atoms with Crippen LogP contribution in [0.3, 0.4) is 0 Å². The molecule has 0 aliphatic carbocycles. The van der Waals surface area contributed by atoms with Crippen LogP contribution < -0.4 is 5.32 Å². The summed E-state index contributed by atoms with van der Waals surface area (Å²) >= 11 is -2.18. The summed E-state index contributed by atoms with van der Waals surface area (Å²) in [6.07, 6.45) is 1.85. The molecule has 0 spiro atoms. The molecule has 0 amide bonds. The van der Waals surface area contributed by atoms with Crippen molar-refractivity contribution in [3.63, 3.8) is 0 Å². The van der Waals surface area contributed by atoms with Crippen molar-refractivity contribution < 1.29 is 8.76 Å². The number of benzene rings is 1. The number of piperidine rings is 1. The van der Waals surface area contributed by atoms with Crippen LogP contribution in [0.15, 0.2) is 29.2 Å². The van der Waals surface area contributed by atoms with Crippen LogP contribution in [0, 0.1) is 0 Å². The Balaban J connectivity index is 2.41. The van der Waals surface area contributed by atoms with Gasteiger partial charge in [-0.25, -0.2) is 0 Å². The molecule has 0 aromatic heterocycles. The summed E-state index contributed by atoms with van der Waals surface area (Å²) in [5, 5.41) is 3.35. The maximum atomic E-state index is 11.3. The first-order chi connectivity index (χ1) is 8.59. The molecule has 1 heterocycles. The predicted octanol–water partition coefficient (Wildman–Crippen LogP) is 1.06. The lowest BCUT2D eigenvalue weighted by molar-refractivity contribution is 0.162. The Morgan fingerprint density at radius 2 is 1.94 bits per heavy atom. The number of likely N-dealkylation sites (tertiary alicyclic amines) is 1. The highest BCUT2D eigenvalue weighted by molar-refractivity contribution is 7.79. The van der Waals surface area contributed by atoms with E-state index >= 15 is 0 Å². The zero-order valence-corrected chi connectivity index (χ0v) is 11.6. The van der Waals surface area contributed by atoms with Gasteiger partial charge in [-0.2, -0.15) is 0 Å². The van der Waals surface area contributed by atoms with Crippen LogP contribution in [0.5, 0.6) is 0 Å². The van der Waals surface area contributed by atoms with Gasteiger partial charge in [0.15, 0.2) is 0 Å². The predicted molar refractivity (Wildman–Crippen MR) is 71.1 cm³/mol. The van der Waals surface area contributed by atoms with Gasteiger partial charge < -0.3 is 14.8 Å². The first kappa shape index (κ1) is 13.7. The van der Waals surface area contributed by atoms with Gasteiger partial charge in [0, 0.05) is 10.4 Å². The molecular weight excluding hydrogens is 248 g/mol. The molecule has 2 rings (SSSR count). The van der Waals surface area contributed by atoms with Gasteiger partial charge in [-0.1, -0.05) is 18.2 Å². The number of hydrogen-bond acceptors (Lipinski definition) is 4. The molecule has 1 aliphatic rings. The Bertz CT molecular complexity index is 442. The molecule has 0 saturated carbocycles. The van der Waals surface area contributed by atoms with Crippen LogP contribution in [0.2, 0.25) is 0 Å². The lowest BCUT2D eigenvalue weighted by atomic mass is 9.81. The standard InChI is InChI=1S/C13H20N2O2S/c1-14-13(7-9-15(2)10-8-13)11-5-3-4-6-12(11)18(16)17/h3-6,14H,7-10H2,1-2H3,(H,16,17)/p-1. The van der Waals surface area contributed by atoms with Crippen molar-refractivity contribution in [1.82, 2.24) is 10.2 Å². The quantitative estimate of drug-likeness (QED) is 0.832. The van der Waals surface area contributed by atoms with Gasteiger partial charge in [-0.3, -0.25) is 4.21 Å². The smallest absolute Gasteiger partial charge is 0.0468 e. The van der Waals surface area contributed by atoms with Crippen molar-refractivity contribution in [3.05, 3.63) is 29.8 Å². The Kier molecular flexibility index (Phi) is 4.17. The molecule has 0 bridgehead atoms. The van der Waals surface area contributed by atoms with Gasteiger partial charge in [0.1, 0.15) is 0 Å². The average molecular weight is 267 g/mol. The first-order valence-corrected chi connectivity index (χ1v) is 7.23. The molecule has 1 fully saturated rings. The van der Waals surface area contributed by atoms with E-state index in [0.717, 1.165) is 31.5 Å². The second-order valence-corrected chi connectivity index (χ2v) is 5.78. The molecule has 5 heteroatoms. The van der Waals surface area contributed by atoms with Crippen molar-refractivity contribution in [1.29, 1.82) is 0 Å². The molecule has 0 radical (unpaired) electrons. The maximum Gasteiger partial charge on any atom is 0.0468 e. The van der Waals surface area contributed by atoms with Crippen molar-refractivity contribution in [2.24, 2.45) is 0 Å². The van der Waals surface area contributed by atoms with Gasteiger partial charge in [-0.15, -0.1) is 0 Å². The third-order valence-corrected chi connectivity index (χ3v) is 4.62. The third kappa shape index (κ3) is 2.49. The number of nitrogens with zero attached hydrogens (tertiary/aromatic N) is 1. The summed E-state index contributed by atoms with van der Waals surface area (Å²) in [7, 11) is 4.01.